The smallest absolute Gasteiger partial charge is 0.160 e. The van der Waals surface area contributed by atoms with E-state index in [0.29, 0.717) is 44.1 Å². The summed E-state index contributed by atoms with van der Waals surface area (Å²) in [6.45, 7) is 2.11. The highest BCUT2D eigenvalue weighted by Crippen LogP contribution is 2.40. The van der Waals surface area contributed by atoms with Crippen LogP contribution < -0.4 is 15.5 Å². The van der Waals surface area contributed by atoms with Gasteiger partial charge in [0.15, 0.2) is 5.65 Å². The number of pyridine rings is 1. The lowest BCUT2D eigenvalue weighted by atomic mass is 9.83. The van der Waals surface area contributed by atoms with Crippen LogP contribution in [0.2, 0.25) is 0 Å². The topological polar surface area (TPSA) is 99.5 Å². The molecule has 1 saturated heterocycles. The molecule has 1 spiro atoms. The van der Waals surface area contributed by atoms with Crippen molar-refractivity contribution < 1.29 is 19.1 Å². The van der Waals surface area contributed by atoms with Crippen LogP contribution in [-0.4, -0.2) is 52.5 Å². The summed E-state index contributed by atoms with van der Waals surface area (Å²) in [5, 5.41) is 9.44. The lowest BCUT2D eigenvalue weighted by Gasteiger charge is -2.28. The van der Waals surface area contributed by atoms with E-state index in [9.17, 15) is 4.79 Å². The first-order valence-electron chi connectivity index (χ1n) is 12.6. The van der Waals surface area contributed by atoms with Crippen LogP contribution in [0.15, 0.2) is 42.7 Å². The molecule has 1 aromatic carbocycles. The molecule has 0 bridgehead atoms. The molecule has 0 radical (unpaired) electrons. The number of hydrogen-bond acceptors (Lipinski definition) is 8. The number of ether oxygens (including phenoxy) is 2. The number of Topliss-reactive ketones (excluding diaryl/α,β-unsaturated/α-hetero) is 1. The maximum atomic E-state index is 11.8. The van der Waals surface area contributed by atoms with E-state index >= 15 is 0 Å². The molecule has 6 rings (SSSR count). The second-order valence-corrected chi connectivity index (χ2v) is 9.83. The molecule has 3 aliphatic rings. The molecule has 9 nitrogen and oxygen atoms in total. The Bertz CT molecular complexity index is 1280. The summed E-state index contributed by atoms with van der Waals surface area (Å²) in [4.78, 5) is 22.7. The maximum Gasteiger partial charge on any atom is 0.160 e. The number of nitrogens with zero attached hydrogens (tertiary/aromatic N) is 3. The Kier molecular flexibility index (Phi) is 6.10. The zero-order valence-electron chi connectivity index (χ0n) is 20.5. The maximum absolute atomic E-state index is 11.8. The molecule has 9 heteroatoms. The van der Waals surface area contributed by atoms with Gasteiger partial charge in [0.2, 0.25) is 0 Å². The molecule has 2 aliphatic heterocycles. The minimum atomic E-state index is -0.438. The molecular formula is C27H31N5O4. The van der Waals surface area contributed by atoms with Crippen LogP contribution in [0.1, 0.15) is 49.7 Å². The van der Waals surface area contributed by atoms with Crippen LogP contribution in [-0.2, 0) is 20.9 Å². The van der Waals surface area contributed by atoms with Gasteiger partial charge in [-0.05, 0) is 49.5 Å². The first kappa shape index (κ1) is 23.0. The Labute approximate surface area is 209 Å². The van der Waals surface area contributed by atoms with Gasteiger partial charge >= 0.3 is 0 Å². The van der Waals surface area contributed by atoms with Crippen molar-refractivity contribution in [1.82, 2.24) is 20.2 Å². The average molecular weight is 490 g/mol. The van der Waals surface area contributed by atoms with Crippen LogP contribution >= 0.6 is 0 Å². The number of nitrogens with one attached hydrogen (secondary N) is 2. The predicted molar refractivity (Wildman–Crippen MR) is 135 cm³/mol. The molecule has 36 heavy (non-hydrogen) atoms. The number of rotatable bonds is 6. The fourth-order valence-electron chi connectivity index (χ4n) is 5.26. The molecule has 0 amide bonds. The van der Waals surface area contributed by atoms with Crippen molar-refractivity contribution in [1.29, 1.82) is 0 Å². The Morgan fingerprint density at radius 3 is 2.69 bits per heavy atom. The van der Waals surface area contributed by atoms with Crippen molar-refractivity contribution >= 4 is 28.2 Å². The van der Waals surface area contributed by atoms with E-state index in [-0.39, 0.29) is 0 Å². The highest BCUT2D eigenvalue weighted by molar-refractivity contribution is 5.96. The second kappa shape index (κ2) is 9.55. The number of carbonyl (C=O) groups is 1. The zero-order valence-corrected chi connectivity index (χ0v) is 20.5. The summed E-state index contributed by atoms with van der Waals surface area (Å²) in [5.74, 6) is 1.13. The van der Waals surface area contributed by atoms with Crippen molar-refractivity contribution in [2.24, 2.45) is 0 Å². The Morgan fingerprint density at radius 1 is 1.17 bits per heavy atom. The van der Waals surface area contributed by atoms with Gasteiger partial charge in [-0.2, -0.15) is 5.10 Å². The van der Waals surface area contributed by atoms with E-state index in [4.69, 9.17) is 24.4 Å². The summed E-state index contributed by atoms with van der Waals surface area (Å²) in [7, 11) is 1.67. The van der Waals surface area contributed by atoms with Gasteiger partial charge in [0, 0.05) is 43.9 Å². The molecule has 0 unspecified atom stereocenters. The quantitative estimate of drug-likeness (QED) is 0.539. The van der Waals surface area contributed by atoms with E-state index in [1.54, 1.807) is 7.11 Å². The van der Waals surface area contributed by atoms with Crippen molar-refractivity contribution in [3.63, 3.8) is 0 Å². The average Bonchev–Trinajstić information content (AvgIpc) is 3.52. The molecule has 1 aliphatic carbocycles. The third kappa shape index (κ3) is 4.44. The fraction of sp³-hybridized carbons (Fsp3) is 0.444. The predicted octanol–water partition coefficient (Wildman–Crippen LogP) is 3.84. The van der Waals surface area contributed by atoms with Gasteiger partial charge in [-0.15, -0.1) is 0 Å². The van der Waals surface area contributed by atoms with E-state index in [2.05, 4.69) is 16.9 Å². The summed E-state index contributed by atoms with van der Waals surface area (Å²) in [6, 6.07) is 8.30. The largest absolute Gasteiger partial charge is 0.497 e. The molecular weight excluding hydrogens is 458 g/mol. The number of aromatic nitrogens is 3. The van der Waals surface area contributed by atoms with Crippen LogP contribution in [0.5, 0.6) is 5.75 Å². The van der Waals surface area contributed by atoms with E-state index in [1.807, 2.05) is 41.3 Å². The first-order chi connectivity index (χ1) is 17.6. The highest BCUT2D eigenvalue weighted by Gasteiger charge is 2.39. The summed E-state index contributed by atoms with van der Waals surface area (Å²) < 4.78 is 12.8. The zero-order chi connectivity index (χ0) is 24.5. The number of benzene rings is 1. The van der Waals surface area contributed by atoms with Gasteiger partial charge in [-0.1, -0.05) is 12.1 Å². The first-order valence-corrected chi connectivity index (χ1v) is 12.6. The molecule has 2 fully saturated rings. The summed E-state index contributed by atoms with van der Waals surface area (Å²) >= 11 is 0. The number of carbonyl (C=O) groups excluding carboxylic acids is 1. The SMILES string of the molecule is COc1ccc(Cn2ncc3c(NC4CCOCC4)c(C4=CC5(CCC(=O)CC5)ON4)cnc32)cc1. The molecule has 2 N–H and O–H groups in total. The number of hydroxylamine groups is 1. The van der Waals surface area contributed by atoms with Gasteiger partial charge in [-0.3, -0.25) is 15.1 Å². The van der Waals surface area contributed by atoms with Gasteiger partial charge in [0.25, 0.3) is 0 Å². The van der Waals surface area contributed by atoms with Crippen molar-refractivity contribution in [3.8, 4) is 5.75 Å². The Balaban J connectivity index is 1.36. The van der Waals surface area contributed by atoms with Crippen LogP contribution in [0, 0.1) is 0 Å². The van der Waals surface area contributed by atoms with Crippen molar-refractivity contribution in [2.75, 3.05) is 25.6 Å². The summed E-state index contributed by atoms with van der Waals surface area (Å²) in [6.07, 6.45) is 10.3. The number of fused-ring (bicyclic) bond motifs is 1. The van der Waals surface area contributed by atoms with E-state index < -0.39 is 5.60 Å². The van der Waals surface area contributed by atoms with Crippen LogP contribution in [0.4, 0.5) is 5.69 Å². The Hall–Kier alpha value is -3.43. The fourth-order valence-corrected chi connectivity index (χ4v) is 5.26. The van der Waals surface area contributed by atoms with Crippen molar-refractivity contribution in [3.05, 3.63) is 53.9 Å². The normalized spacial score (nSPS) is 19.9. The lowest BCUT2D eigenvalue weighted by Crippen LogP contribution is -2.34. The van der Waals surface area contributed by atoms with Crippen LogP contribution in [0.25, 0.3) is 16.7 Å². The van der Waals surface area contributed by atoms with E-state index in [1.165, 1.54) is 0 Å². The minimum Gasteiger partial charge on any atom is -0.497 e. The number of ketones is 1. The van der Waals surface area contributed by atoms with Gasteiger partial charge < -0.3 is 14.8 Å². The molecule has 188 valence electrons. The Morgan fingerprint density at radius 2 is 1.94 bits per heavy atom. The minimum absolute atomic E-state index is 0.303. The second-order valence-electron chi connectivity index (χ2n) is 9.83. The number of hydrogen-bond donors (Lipinski definition) is 2. The highest BCUT2D eigenvalue weighted by atomic mass is 16.7. The molecule has 3 aromatic rings. The molecule has 1 saturated carbocycles. The van der Waals surface area contributed by atoms with E-state index in [0.717, 1.165) is 65.3 Å². The molecule has 4 heterocycles. The van der Waals surface area contributed by atoms with Gasteiger partial charge in [0.1, 0.15) is 17.1 Å². The third-order valence-electron chi connectivity index (χ3n) is 7.44. The lowest BCUT2D eigenvalue weighted by molar-refractivity contribution is -0.127. The van der Waals surface area contributed by atoms with Gasteiger partial charge in [0.05, 0.1) is 36.6 Å². The number of anilines is 1. The molecule has 0 atom stereocenters. The van der Waals surface area contributed by atoms with Crippen LogP contribution in [0.3, 0.4) is 0 Å². The molecule has 2 aromatic heterocycles. The monoisotopic (exact) mass is 489 g/mol. The summed E-state index contributed by atoms with van der Waals surface area (Å²) in [5.41, 5.74) is 7.49. The standard InChI is InChI=1S/C27H31N5O4/c1-34-21-4-2-18(3-5-21)17-32-26-23(16-29-32)25(30-19-8-12-35-13-9-19)22(15-28-26)24-14-27(36-31-24)10-6-20(33)7-11-27/h2-5,14-16,19,31H,6-13,17H2,1H3,(H,28,30). The third-order valence-corrected chi connectivity index (χ3v) is 7.44. The number of methoxy groups -OCH3 is 1. The van der Waals surface area contributed by atoms with Gasteiger partial charge in [-0.25, -0.2) is 9.67 Å². The van der Waals surface area contributed by atoms with Crippen molar-refractivity contribution in [2.45, 2.75) is 56.7 Å².